The Bertz CT molecular complexity index is 339. The highest BCUT2D eigenvalue weighted by Crippen LogP contribution is 2.33. The van der Waals surface area contributed by atoms with E-state index in [2.05, 4.69) is 29.2 Å². The van der Waals surface area contributed by atoms with Gasteiger partial charge in [0.15, 0.2) is 0 Å². The van der Waals surface area contributed by atoms with Crippen LogP contribution in [-0.4, -0.2) is 12.6 Å². The average molecular weight is 201 g/mol. The smallest absolute Gasteiger partial charge is 0.0402 e. The molecule has 1 aromatic carbocycles. The Balaban J connectivity index is 1.83. The molecule has 1 heteroatoms. The summed E-state index contributed by atoms with van der Waals surface area (Å²) in [5, 5.41) is 0. The van der Waals surface area contributed by atoms with Crippen molar-refractivity contribution in [2.75, 3.05) is 11.4 Å². The summed E-state index contributed by atoms with van der Waals surface area (Å²) in [5.41, 5.74) is 3.08. The topological polar surface area (TPSA) is 3.24 Å². The van der Waals surface area contributed by atoms with E-state index in [1.54, 1.807) is 5.56 Å². The van der Waals surface area contributed by atoms with E-state index in [1.807, 2.05) is 0 Å². The van der Waals surface area contributed by atoms with Crippen molar-refractivity contribution in [2.45, 2.75) is 44.6 Å². The molecule has 0 aromatic heterocycles. The molecule has 1 fully saturated rings. The normalized spacial score (nSPS) is 21.7. The maximum absolute atomic E-state index is 2.66. The zero-order valence-corrected chi connectivity index (χ0v) is 9.28. The zero-order valence-electron chi connectivity index (χ0n) is 9.28. The molecule has 1 aliphatic carbocycles. The van der Waals surface area contributed by atoms with Gasteiger partial charge in [0.25, 0.3) is 0 Å². The molecule has 3 rings (SSSR count). The van der Waals surface area contributed by atoms with Crippen LogP contribution in [0.2, 0.25) is 0 Å². The molecular weight excluding hydrogens is 182 g/mol. The van der Waals surface area contributed by atoms with Crippen molar-refractivity contribution < 1.29 is 0 Å². The number of hydrogen-bond donors (Lipinski definition) is 0. The van der Waals surface area contributed by atoms with Gasteiger partial charge in [-0.25, -0.2) is 0 Å². The minimum absolute atomic E-state index is 0.836. The summed E-state index contributed by atoms with van der Waals surface area (Å²) in [4.78, 5) is 2.66. The maximum Gasteiger partial charge on any atom is 0.0402 e. The average Bonchev–Trinajstić information content (AvgIpc) is 2.74. The minimum atomic E-state index is 0.836. The van der Waals surface area contributed by atoms with E-state index in [9.17, 15) is 0 Å². The van der Waals surface area contributed by atoms with Crippen LogP contribution in [0.3, 0.4) is 0 Å². The van der Waals surface area contributed by atoms with Crippen molar-refractivity contribution in [3.05, 3.63) is 29.8 Å². The zero-order chi connectivity index (χ0) is 10.1. The molecule has 1 aliphatic heterocycles. The van der Waals surface area contributed by atoms with Crippen molar-refractivity contribution in [2.24, 2.45) is 0 Å². The Kier molecular flexibility index (Phi) is 2.40. The molecule has 1 heterocycles. The fourth-order valence-corrected chi connectivity index (χ4v) is 3.14. The van der Waals surface area contributed by atoms with Crippen molar-refractivity contribution >= 4 is 5.69 Å². The monoisotopic (exact) mass is 201 g/mol. The third kappa shape index (κ3) is 1.64. The van der Waals surface area contributed by atoms with Gasteiger partial charge in [-0.05, 0) is 30.9 Å². The first-order valence-corrected chi connectivity index (χ1v) is 6.30. The predicted molar refractivity (Wildman–Crippen MR) is 64.4 cm³/mol. The number of anilines is 1. The Labute approximate surface area is 92.1 Å². The van der Waals surface area contributed by atoms with Gasteiger partial charge >= 0.3 is 0 Å². The summed E-state index contributed by atoms with van der Waals surface area (Å²) in [6.45, 7) is 1.25. The lowest BCUT2D eigenvalue weighted by Gasteiger charge is -2.33. The molecule has 15 heavy (non-hydrogen) atoms. The molecule has 80 valence electrons. The lowest BCUT2D eigenvalue weighted by Crippen LogP contribution is -2.35. The molecule has 0 atom stereocenters. The highest BCUT2D eigenvalue weighted by atomic mass is 15.2. The SMILES string of the molecule is c1ccc2c(c1)CCN2C1CCCCC1. The van der Waals surface area contributed by atoms with Crippen molar-refractivity contribution in [3.63, 3.8) is 0 Å². The molecule has 1 saturated carbocycles. The Morgan fingerprint density at radius 2 is 1.80 bits per heavy atom. The van der Waals surface area contributed by atoms with E-state index in [-0.39, 0.29) is 0 Å². The molecule has 0 N–H and O–H groups in total. The van der Waals surface area contributed by atoms with Gasteiger partial charge in [0.1, 0.15) is 0 Å². The van der Waals surface area contributed by atoms with E-state index in [4.69, 9.17) is 0 Å². The first-order valence-electron chi connectivity index (χ1n) is 6.30. The Morgan fingerprint density at radius 3 is 2.67 bits per heavy atom. The molecule has 0 saturated heterocycles. The van der Waals surface area contributed by atoms with Crippen LogP contribution in [0, 0.1) is 0 Å². The molecular formula is C14H19N. The second kappa shape index (κ2) is 3.88. The van der Waals surface area contributed by atoms with Crippen LogP contribution in [0.15, 0.2) is 24.3 Å². The number of para-hydroxylation sites is 1. The summed E-state index contributed by atoms with van der Waals surface area (Å²) in [6, 6.07) is 9.78. The van der Waals surface area contributed by atoms with E-state index in [0.717, 1.165) is 6.04 Å². The standard InChI is InChI=1S/C14H19N/c1-2-7-13(8-3-1)15-11-10-12-6-4-5-9-14(12)15/h4-6,9,13H,1-3,7-8,10-11H2. The van der Waals surface area contributed by atoms with Crippen LogP contribution in [0.25, 0.3) is 0 Å². The minimum Gasteiger partial charge on any atom is -0.368 e. The van der Waals surface area contributed by atoms with Crippen molar-refractivity contribution in [1.29, 1.82) is 0 Å². The number of fused-ring (bicyclic) bond motifs is 1. The number of nitrogens with zero attached hydrogens (tertiary/aromatic N) is 1. The van der Waals surface area contributed by atoms with Gasteiger partial charge < -0.3 is 4.90 Å². The van der Waals surface area contributed by atoms with Gasteiger partial charge in [0, 0.05) is 18.3 Å². The summed E-state index contributed by atoms with van der Waals surface area (Å²) < 4.78 is 0. The summed E-state index contributed by atoms with van der Waals surface area (Å²) in [7, 11) is 0. The van der Waals surface area contributed by atoms with Gasteiger partial charge in [0.05, 0.1) is 0 Å². The molecule has 0 radical (unpaired) electrons. The van der Waals surface area contributed by atoms with Gasteiger partial charge in [-0.1, -0.05) is 37.5 Å². The van der Waals surface area contributed by atoms with Crippen molar-refractivity contribution in [3.8, 4) is 0 Å². The third-order valence-electron chi connectivity index (χ3n) is 3.94. The second-order valence-electron chi connectivity index (χ2n) is 4.86. The Hall–Kier alpha value is -0.980. The first kappa shape index (κ1) is 9.26. The second-order valence-corrected chi connectivity index (χ2v) is 4.86. The molecule has 0 bridgehead atoms. The maximum atomic E-state index is 2.66. The van der Waals surface area contributed by atoms with E-state index in [1.165, 1.54) is 50.8 Å². The lowest BCUT2D eigenvalue weighted by molar-refractivity contribution is 0.420. The molecule has 1 aromatic rings. The highest BCUT2D eigenvalue weighted by molar-refractivity contribution is 5.58. The third-order valence-corrected chi connectivity index (χ3v) is 3.94. The Morgan fingerprint density at radius 1 is 1.00 bits per heavy atom. The number of hydrogen-bond acceptors (Lipinski definition) is 1. The van der Waals surface area contributed by atoms with Gasteiger partial charge in [-0.3, -0.25) is 0 Å². The summed E-state index contributed by atoms with van der Waals surface area (Å²) in [5.74, 6) is 0. The van der Waals surface area contributed by atoms with E-state index in [0.29, 0.717) is 0 Å². The van der Waals surface area contributed by atoms with Crippen LogP contribution in [0.4, 0.5) is 5.69 Å². The highest BCUT2D eigenvalue weighted by Gasteiger charge is 2.26. The quantitative estimate of drug-likeness (QED) is 0.673. The summed E-state index contributed by atoms with van der Waals surface area (Å²) in [6.07, 6.45) is 8.40. The van der Waals surface area contributed by atoms with Gasteiger partial charge in [-0.15, -0.1) is 0 Å². The predicted octanol–water partition coefficient (Wildman–Crippen LogP) is 3.38. The van der Waals surface area contributed by atoms with E-state index < -0.39 is 0 Å². The van der Waals surface area contributed by atoms with Crippen LogP contribution in [0.1, 0.15) is 37.7 Å². The fourth-order valence-electron chi connectivity index (χ4n) is 3.14. The molecule has 2 aliphatic rings. The van der Waals surface area contributed by atoms with Gasteiger partial charge in [0.2, 0.25) is 0 Å². The van der Waals surface area contributed by atoms with Crippen LogP contribution < -0.4 is 4.90 Å². The number of benzene rings is 1. The summed E-state index contributed by atoms with van der Waals surface area (Å²) >= 11 is 0. The van der Waals surface area contributed by atoms with Crippen LogP contribution >= 0.6 is 0 Å². The number of rotatable bonds is 1. The molecule has 0 unspecified atom stereocenters. The molecule has 0 amide bonds. The van der Waals surface area contributed by atoms with E-state index >= 15 is 0 Å². The largest absolute Gasteiger partial charge is 0.368 e. The van der Waals surface area contributed by atoms with Crippen molar-refractivity contribution in [1.82, 2.24) is 0 Å². The molecule has 0 spiro atoms. The fraction of sp³-hybridized carbons (Fsp3) is 0.571. The van der Waals surface area contributed by atoms with Crippen LogP contribution in [0.5, 0.6) is 0 Å². The molecule has 1 nitrogen and oxygen atoms in total. The van der Waals surface area contributed by atoms with Crippen LogP contribution in [-0.2, 0) is 6.42 Å². The lowest BCUT2D eigenvalue weighted by atomic mass is 9.94. The van der Waals surface area contributed by atoms with Gasteiger partial charge in [-0.2, -0.15) is 0 Å². The first-order chi connectivity index (χ1) is 7.45.